The van der Waals surface area contributed by atoms with Gasteiger partial charge in [0.1, 0.15) is 5.75 Å². The van der Waals surface area contributed by atoms with Crippen LogP contribution in [0.3, 0.4) is 0 Å². The first-order valence-corrected chi connectivity index (χ1v) is 10.0. The van der Waals surface area contributed by atoms with Crippen LogP contribution in [0, 0.1) is 11.8 Å². The van der Waals surface area contributed by atoms with Gasteiger partial charge >= 0.3 is 0 Å². The quantitative estimate of drug-likeness (QED) is 0.764. The number of hydrogen-bond acceptors (Lipinski definition) is 3. The van der Waals surface area contributed by atoms with Crippen LogP contribution in [-0.2, 0) is 5.41 Å². The van der Waals surface area contributed by atoms with Crippen LogP contribution < -0.4 is 10.1 Å². The second-order valence-corrected chi connectivity index (χ2v) is 8.57. The van der Waals surface area contributed by atoms with E-state index in [0.29, 0.717) is 11.5 Å². The summed E-state index contributed by atoms with van der Waals surface area (Å²) in [4.78, 5) is 12.4. The van der Waals surface area contributed by atoms with Crippen molar-refractivity contribution in [1.29, 1.82) is 0 Å². The maximum atomic E-state index is 12.4. The Hall–Kier alpha value is -2.33. The third-order valence-electron chi connectivity index (χ3n) is 6.24. The van der Waals surface area contributed by atoms with Crippen molar-refractivity contribution in [3.63, 3.8) is 0 Å². The number of carbonyl (C=O) groups is 1. The first kappa shape index (κ1) is 20.4. The van der Waals surface area contributed by atoms with E-state index < -0.39 is 0 Å². The molecule has 0 saturated heterocycles. The lowest BCUT2D eigenvalue weighted by molar-refractivity contribution is 0.0143. The standard InChI is InChI=1S/C24H31NO3/c1-16-5-14-21(22(26)15-16)24(2,3)18-8-10-19(11-9-18)25-23(27)17-6-12-20(28-4)13-7-17/h6-13,16,21-22,26H,5,14-15H2,1-4H3,(H,25,27)/t16-,21-,22-/m1/s1. The highest BCUT2D eigenvalue weighted by atomic mass is 16.5. The number of benzene rings is 2. The Balaban J connectivity index is 1.69. The fourth-order valence-electron chi connectivity index (χ4n) is 4.34. The van der Waals surface area contributed by atoms with Gasteiger partial charge in [-0.3, -0.25) is 4.79 Å². The Kier molecular flexibility index (Phi) is 6.09. The van der Waals surface area contributed by atoms with E-state index in [1.807, 2.05) is 12.1 Å². The van der Waals surface area contributed by atoms with E-state index in [1.165, 1.54) is 12.0 Å². The smallest absolute Gasteiger partial charge is 0.255 e. The number of aliphatic hydroxyl groups is 1. The van der Waals surface area contributed by atoms with Crippen LogP contribution in [-0.4, -0.2) is 24.2 Å². The maximum absolute atomic E-state index is 12.4. The van der Waals surface area contributed by atoms with Crippen molar-refractivity contribution < 1.29 is 14.6 Å². The van der Waals surface area contributed by atoms with Crippen LogP contribution in [0.5, 0.6) is 5.75 Å². The highest BCUT2D eigenvalue weighted by Crippen LogP contribution is 2.42. The number of nitrogens with one attached hydrogen (secondary N) is 1. The SMILES string of the molecule is COc1ccc(C(=O)Nc2ccc(C(C)(C)[C@@H]3CC[C@@H](C)C[C@H]3O)cc2)cc1. The van der Waals surface area contributed by atoms with Crippen molar-refractivity contribution in [1.82, 2.24) is 0 Å². The molecule has 0 unspecified atom stereocenters. The Labute approximate surface area is 167 Å². The van der Waals surface area contributed by atoms with Gasteiger partial charge in [0.2, 0.25) is 0 Å². The molecule has 4 nitrogen and oxygen atoms in total. The van der Waals surface area contributed by atoms with E-state index in [0.717, 1.165) is 24.3 Å². The molecule has 1 fully saturated rings. The molecule has 0 spiro atoms. The molecule has 1 amide bonds. The minimum absolute atomic E-state index is 0.113. The second-order valence-electron chi connectivity index (χ2n) is 8.57. The van der Waals surface area contributed by atoms with Crippen molar-refractivity contribution in [3.8, 4) is 5.75 Å². The molecule has 1 aliphatic carbocycles. The van der Waals surface area contributed by atoms with Crippen molar-refractivity contribution in [2.45, 2.75) is 51.6 Å². The molecule has 4 heteroatoms. The van der Waals surface area contributed by atoms with Gasteiger partial charge in [0.15, 0.2) is 0 Å². The number of rotatable bonds is 5. The summed E-state index contributed by atoms with van der Waals surface area (Å²) in [6, 6.07) is 15.1. The first-order chi connectivity index (χ1) is 13.3. The zero-order chi connectivity index (χ0) is 20.3. The minimum Gasteiger partial charge on any atom is -0.497 e. The molecular weight excluding hydrogens is 350 g/mol. The normalized spacial score (nSPS) is 22.5. The number of hydrogen-bond donors (Lipinski definition) is 2. The van der Waals surface area contributed by atoms with E-state index in [4.69, 9.17) is 4.74 Å². The number of carbonyl (C=O) groups excluding carboxylic acids is 1. The molecule has 3 atom stereocenters. The summed E-state index contributed by atoms with van der Waals surface area (Å²) in [5, 5.41) is 13.5. The second kappa shape index (κ2) is 8.36. The van der Waals surface area contributed by atoms with Crippen LogP contribution in [0.4, 0.5) is 5.69 Å². The molecule has 0 aromatic heterocycles. The predicted octanol–water partition coefficient (Wildman–Crippen LogP) is 5.02. The first-order valence-electron chi connectivity index (χ1n) is 10.0. The summed E-state index contributed by atoms with van der Waals surface area (Å²) in [6.45, 7) is 6.64. The topological polar surface area (TPSA) is 58.6 Å². The van der Waals surface area contributed by atoms with Gasteiger partial charge in [-0.25, -0.2) is 0 Å². The molecule has 0 radical (unpaired) electrons. The lowest BCUT2D eigenvalue weighted by Crippen LogP contribution is -2.41. The van der Waals surface area contributed by atoms with E-state index in [-0.39, 0.29) is 23.3 Å². The average molecular weight is 382 g/mol. The monoisotopic (exact) mass is 381 g/mol. The summed E-state index contributed by atoms with van der Waals surface area (Å²) < 4.78 is 5.13. The van der Waals surface area contributed by atoms with Crippen molar-refractivity contribution in [2.75, 3.05) is 12.4 Å². The van der Waals surface area contributed by atoms with Gasteiger partial charge in [0, 0.05) is 11.3 Å². The van der Waals surface area contributed by atoms with Crippen LogP contribution in [0.15, 0.2) is 48.5 Å². The summed E-state index contributed by atoms with van der Waals surface area (Å²) >= 11 is 0. The van der Waals surface area contributed by atoms with Gasteiger partial charge in [-0.2, -0.15) is 0 Å². The van der Waals surface area contributed by atoms with Crippen LogP contribution in [0.25, 0.3) is 0 Å². The lowest BCUT2D eigenvalue weighted by atomic mass is 9.64. The number of anilines is 1. The predicted molar refractivity (Wildman–Crippen MR) is 113 cm³/mol. The minimum atomic E-state index is -0.256. The zero-order valence-electron chi connectivity index (χ0n) is 17.2. The summed E-state index contributed by atoms with van der Waals surface area (Å²) in [7, 11) is 1.60. The molecule has 0 heterocycles. The molecule has 3 rings (SSSR count). The van der Waals surface area contributed by atoms with E-state index in [9.17, 15) is 9.90 Å². The van der Waals surface area contributed by atoms with Gasteiger partial charge in [0.05, 0.1) is 13.2 Å². The van der Waals surface area contributed by atoms with Crippen molar-refractivity contribution in [3.05, 3.63) is 59.7 Å². The Morgan fingerprint density at radius 3 is 2.29 bits per heavy atom. The Morgan fingerprint density at radius 2 is 1.71 bits per heavy atom. The average Bonchev–Trinajstić information content (AvgIpc) is 2.68. The Morgan fingerprint density at radius 1 is 1.07 bits per heavy atom. The van der Waals surface area contributed by atoms with Crippen molar-refractivity contribution >= 4 is 11.6 Å². The number of methoxy groups -OCH3 is 1. The Bertz CT molecular complexity index is 796. The van der Waals surface area contributed by atoms with E-state index in [1.54, 1.807) is 31.4 Å². The fourth-order valence-corrected chi connectivity index (χ4v) is 4.34. The van der Waals surface area contributed by atoms with Crippen molar-refractivity contribution in [2.24, 2.45) is 11.8 Å². The molecule has 28 heavy (non-hydrogen) atoms. The summed E-state index contributed by atoms with van der Waals surface area (Å²) in [5.74, 6) is 1.43. The van der Waals surface area contributed by atoms with E-state index >= 15 is 0 Å². The van der Waals surface area contributed by atoms with Gasteiger partial charge in [-0.15, -0.1) is 0 Å². The highest BCUT2D eigenvalue weighted by molar-refractivity contribution is 6.04. The third-order valence-corrected chi connectivity index (χ3v) is 6.24. The zero-order valence-corrected chi connectivity index (χ0v) is 17.2. The van der Waals surface area contributed by atoms with Crippen LogP contribution in [0.2, 0.25) is 0 Å². The summed E-state index contributed by atoms with van der Waals surface area (Å²) in [6.07, 6.45) is 2.84. The van der Waals surface area contributed by atoms with Gasteiger partial charge < -0.3 is 15.2 Å². The largest absolute Gasteiger partial charge is 0.497 e. The molecule has 0 bridgehead atoms. The van der Waals surface area contributed by atoms with Crippen LogP contribution in [0.1, 0.15) is 56.0 Å². The summed E-state index contributed by atoms with van der Waals surface area (Å²) in [5.41, 5.74) is 2.43. The molecule has 2 N–H and O–H groups in total. The molecule has 0 aliphatic heterocycles. The number of ether oxygens (including phenoxy) is 1. The molecule has 150 valence electrons. The number of aliphatic hydroxyl groups excluding tert-OH is 1. The molecule has 1 aliphatic rings. The fraction of sp³-hybridized carbons (Fsp3) is 0.458. The molecule has 1 saturated carbocycles. The van der Waals surface area contributed by atoms with Gasteiger partial charge in [-0.05, 0) is 72.1 Å². The van der Waals surface area contributed by atoms with Crippen LogP contribution >= 0.6 is 0 Å². The lowest BCUT2D eigenvalue weighted by Gasteiger charge is -2.42. The molecular formula is C24H31NO3. The van der Waals surface area contributed by atoms with E-state index in [2.05, 4.69) is 38.2 Å². The number of amides is 1. The third kappa shape index (κ3) is 4.39. The highest BCUT2D eigenvalue weighted by Gasteiger charge is 2.39. The maximum Gasteiger partial charge on any atom is 0.255 e. The molecule has 2 aromatic rings. The van der Waals surface area contributed by atoms with Gasteiger partial charge in [0.25, 0.3) is 5.91 Å². The van der Waals surface area contributed by atoms with Gasteiger partial charge in [-0.1, -0.05) is 39.3 Å². The molecule has 2 aromatic carbocycles.